The van der Waals surface area contributed by atoms with Gasteiger partial charge < -0.3 is 10.8 Å². The average Bonchev–Trinajstić information content (AvgIpc) is 2.17. The molecule has 14 heavy (non-hydrogen) atoms. The molecule has 0 radical (unpaired) electrons. The molecule has 0 aliphatic rings. The number of aliphatic hydroxyl groups excluding tert-OH is 1. The first-order valence-electron chi connectivity index (χ1n) is 3.82. The minimum absolute atomic E-state index is 0.0597. The molecule has 0 aromatic carbocycles. The fourth-order valence-corrected chi connectivity index (χ4v) is 1.54. The number of hydrogen-bond acceptors (Lipinski definition) is 3. The number of nitrogens with zero attached hydrogens (tertiary/aromatic N) is 1. The van der Waals surface area contributed by atoms with Crippen molar-refractivity contribution in [1.82, 2.24) is 4.98 Å². The van der Waals surface area contributed by atoms with Gasteiger partial charge in [0, 0.05) is 22.7 Å². The van der Waals surface area contributed by atoms with Crippen LogP contribution in [0.3, 0.4) is 0 Å². The van der Waals surface area contributed by atoms with Crippen molar-refractivity contribution in [2.24, 2.45) is 0 Å². The number of aliphatic hydroxyl groups is 1. The Morgan fingerprint density at radius 2 is 2.21 bits per heavy atom. The molecule has 0 saturated carbocycles. The summed E-state index contributed by atoms with van der Waals surface area (Å²) in [6.07, 6.45) is -1.63. The Bertz CT molecular complexity index is 333. The molecule has 1 aromatic rings. The number of anilines is 1. The van der Waals surface area contributed by atoms with Crippen LogP contribution in [0.5, 0.6) is 0 Å². The highest BCUT2D eigenvalue weighted by molar-refractivity contribution is 9.08. The number of aromatic nitrogens is 1. The molecule has 1 rings (SSSR count). The molecule has 0 bridgehead atoms. The molecule has 0 aliphatic carbocycles. The van der Waals surface area contributed by atoms with Gasteiger partial charge in [-0.05, 0) is 0 Å². The van der Waals surface area contributed by atoms with Gasteiger partial charge >= 0.3 is 0 Å². The summed E-state index contributed by atoms with van der Waals surface area (Å²) in [6, 6.07) is 0. The third kappa shape index (κ3) is 2.01. The third-order valence-electron chi connectivity index (χ3n) is 1.86. The van der Waals surface area contributed by atoms with Gasteiger partial charge in [0.1, 0.15) is 0 Å². The molecular formula is C8H9BrF2N2O. The van der Waals surface area contributed by atoms with Gasteiger partial charge in [0.2, 0.25) is 0 Å². The van der Waals surface area contributed by atoms with Crippen LogP contribution < -0.4 is 5.73 Å². The molecule has 3 nitrogen and oxygen atoms in total. The minimum Gasteiger partial charge on any atom is -0.397 e. The summed E-state index contributed by atoms with van der Waals surface area (Å²) >= 11 is 3.12. The average molecular weight is 267 g/mol. The number of alkyl halides is 3. The van der Waals surface area contributed by atoms with E-state index in [0.717, 1.165) is 6.20 Å². The van der Waals surface area contributed by atoms with Gasteiger partial charge in [-0.3, -0.25) is 4.98 Å². The summed E-state index contributed by atoms with van der Waals surface area (Å²) < 4.78 is 24.8. The van der Waals surface area contributed by atoms with Crippen LogP contribution in [0.4, 0.5) is 14.5 Å². The molecule has 0 spiro atoms. The van der Waals surface area contributed by atoms with E-state index in [1.165, 1.54) is 0 Å². The van der Waals surface area contributed by atoms with E-state index >= 15 is 0 Å². The zero-order valence-electron chi connectivity index (χ0n) is 7.17. The van der Waals surface area contributed by atoms with Crippen molar-refractivity contribution >= 4 is 21.6 Å². The van der Waals surface area contributed by atoms with Gasteiger partial charge in [0.05, 0.1) is 18.0 Å². The van der Waals surface area contributed by atoms with Gasteiger partial charge in [0.15, 0.2) is 0 Å². The van der Waals surface area contributed by atoms with Gasteiger partial charge in [-0.2, -0.15) is 0 Å². The summed E-state index contributed by atoms with van der Waals surface area (Å²) in [5.41, 5.74) is 5.89. The first-order valence-corrected chi connectivity index (χ1v) is 4.95. The van der Waals surface area contributed by atoms with Crippen LogP contribution in [0.1, 0.15) is 23.2 Å². The number of hydrogen-bond donors (Lipinski definition) is 2. The highest BCUT2D eigenvalue weighted by Gasteiger charge is 2.17. The number of halogens is 3. The maximum absolute atomic E-state index is 12.4. The van der Waals surface area contributed by atoms with Crippen LogP contribution in [0.2, 0.25) is 0 Å². The first kappa shape index (κ1) is 11.3. The molecule has 6 heteroatoms. The Kier molecular flexibility index (Phi) is 3.77. The zero-order chi connectivity index (χ0) is 10.7. The monoisotopic (exact) mass is 266 g/mol. The SMILES string of the molecule is Nc1c(CBr)ncc(C(F)F)c1CO. The Labute approximate surface area is 88.1 Å². The van der Waals surface area contributed by atoms with E-state index in [1.807, 2.05) is 0 Å². The number of nitrogen functional groups attached to an aromatic ring is 1. The fraction of sp³-hybridized carbons (Fsp3) is 0.375. The van der Waals surface area contributed by atoms with E-state index in [-0.39, 0.29) is 16.8 Å². The molecule has 1 aromatic heterocycles. The van der Waals surface area contributed by atoms with Crippen LogP contribution >= 0.6 is 15.9 Å². The Morgan fingerprint density at radius 3 is 2.64 bits per heavy atom. The van der Waals surface area contributed by atoms with Gasteiger partial charge in [-0.1, -0.05) is 15.9 Å². The van der Waals surface area contributed by atoms with Crippen LogP contribution in [-0.4, -0.2) is 10.1 Å². The normalized spacial score (nSPS) is 10.9. The molecule has 0 saturated heterocycles. The summed E-state index contributed by atoms with van der Waals surface area (Å²) in [5, 5.41) is 9.28. The lowest BCUT2D eigenvalue weighted by Gasteiger charge is -2.11. The van der Waals surface area contributed by atoms with Crippen LogP contribution in [0.15, 0.2) is 6.20 Å². The van der Waals surface area contributed by atoms with Crippen LogP contribution in [0.25, 0.3) is 0 Å². The summed E-state index contributed by atoms with van der Waals surface area (Å²) in [6.45, 7) is -0.506. The zero-order valence-corrected chi connectivity index (χ0v) is 8.76. The molecule has 0 atom stereocenters. The molecular weight excluding hydrogens is 258 g/mol. The van der Waals surface area contributed by atoms with E-state index in [9.17, 15) is 8.78 Å². The predicted octanol–water partition coefficient (Wildman–Crippen LogP) is 1.99. The lowest BCUT2D eigenvalue weighted by molar-refractivity contribution is 0.146. The van der Waals surface area contributed by atoms with E-state index in [2.05, 4.69) is 20.9 Å². The number of rotatable bonds is 3. The molecule has 0 fully saturated rings. The molecule has 0 unspecified atom stereocenters. The standard InChI is InChI=1S/C8H9BrF2N2O/c9-1-6-7(12)5(3-14)4(2-13-6)8(10)11/h2,8,14H,1,3,12H2. The predicted molar refractivity (Wildman–Crippen MR) is 52.2 cm³/mol. The highest BCUT2D eigenvalue weighted by Crippen LogP contribution is 2.28. The van der Waals surface area contributed by atoms with Crippen molar-refractivity contribution in [3.8, 4) is 0 Å². The summed E-state index contributed by atoms with van der Waals surface area (Å²) in [5.74, 6) is 0. The lowest BCUT2D eigenvalue weighted by atomic mass is 10.1. The molecule has 1 heterocycles. The molecule has 0 aliphatic heterocycles. The van der Waals surface area contributed by atoms with Gasteiger partial charge in [-0.15, -0.1) is 0 Å². The van der Waals surface area contributed by atoms with Crippen molar-refractivity contribution in [2.75, 3.05) is 5.73 Å². The Morgan fingerprint density at radius 1 is 1.57 bits per heavy atom. The van der Waals surface area contributed by atoms with E-state index < -0.39 is 13.0 Å². The van der Waals surface area contributed by atoms with Crippen molar-refractivity contribution in [2.45, 2.75) is 18.4 Å². The Hall–Kier alpha value is -0.750. The second-order valence-electron chi connectivity index (χ2n) is 2.64. The maximum atomic E-state index is 12.4. The smallest absolute Gasteiger partial charge is 0.265 e. The Balaban J connectivity index is 3.28. The van der Waals surface area contributed by atoms with Crippen molar-refractivity contribution in [3.05, 3.63) is 23.0 Å². The summed E-state index contributed by atoms with van der Waals surface area (Å²) in [4.78, 5) is 3.76. The minimum atomic E-state index is -2.67. The third-order valence-corrected chi connectivity index (χ3v) is 2.39. The maximum Gasteiger partial charge on any atom is 0.265 e. The molecule has 3 N–H and O–H groups in total. The highest BCUT2D eigenvalue weighted by atomic mass is 79.9. The van der Waals surface area contributed by atoms with Gasteiger partial charge in [-0.25, -0.2) is 8.78 Å². The van der Waals surface area contributed by atoms with E-state index in [0.29, 0.717) is 11.0 Å². The quantitative estimate of drug-likeness (QED) is 0.823. The number of pyridine rings is 1. The lowest BCUT2D eigenvalue weighted by Crippen LogP contribution is -2.06. The van der Waals surface area contributed by atoms with Gasteiger partial charge in [0.25, 0.3) is 6.43 Å². The second kappa shape index (κ2) is 4.65. The van der Waals surface area contributed by atoms with Crippen molar-refractivity contribution < 1.29 is 13.9 Å². The van der Waals surface area contributed by atoms with E-state index in [1.54, 1.807) is 0 Å². The van der Waals surface area contributed by atoms with E-state index in [4.69, 9.17) is 10.8 Å². The second-order valence-corrected chi connectivity index (χ2v) is 3.21. The van der Waals surface area contributed by atoms with Crippen molar-refractivity contribution in [1.29, 1.82) is 0 Å². The topological polar surface area (TPSA) is 59.1 Å². The fourth-order valence-electron chi connectivity index (χ4n) is 1.10. The molecule has 78 valence electrons. The van der Waals surface area contributed by atoms with Crippen LogP contribution in [0, 0.1) is 0 Å². The largest absolute Gasteiger partial charge is 0.397 e. The molecule has 0 amide bonds. The summed E-state index contributed by atoms with van der Waals surface area (Å²) in [7, 11) is 0. The van der Waals surface area contributed by atoms with Crippen molar-refractivity contribution in [3.63, 3.8) is 0 Å². The first-order chi connectivity index (χ1) is 6.61. The number of nitrogens with two attached hydrogens (primary N) is 1. The van der Waals surface area contributed by atoms with Crippen LogP contribution in [-0.2, 0) is 11.9 Å².